The van der Waals surface area contributed by atoms with Gasteiger partial charge in [0.15, 0.2) is 0 Å². The number of anilines is 1. The summed E-state index contributed by atoms with van der Waals surface area (Å²) >= 11 is 0. The van der Waals surface area contributed by atoms with Gasteiger partial charge < -0.3 is 24.8 Å². The third-order valence-corrected chi connectivity index (χ3v) is 6.52. The maximum absolute atomic E-state index is 13.4. The number of hydrogen-bond acceptors (Lipinski definition) is 6. The maximum atomic E-state index is 13.4. The van der Waals surface area contributed by atoms with Crippen molar-refractivity contribution in [2.45, 2.75) is 39.5 Å². The van der Waals surface area contributed by atoms with Crippen molar-refractivity contribution in [3.8, 4) is 5.75 Å². The molecule has 0 spiro atoms. The Hall–Kier alpha value is -3.43. The van der Waals surface area contributed by atoms with Gasteiger partial charge in [0.2, 0.25) is 5.91 Å². The second-order valence-corrected chi connectivity index (χ2v) is 9.38. The number of nitrogens with zero attached hydrogens (tertiary/aromatic N) is 2. The minimum absolute atomic E-state index is 0.0364. The predicted molar refractivity (Wildman–Crippen MR) is 136 cm³/mol. The van der Waals surface area contributed by atoms with Crippen LogP contribution < -0.4 is 10.1 Å². The van der Waals surface area contributed by atoms with Crippen molar-refractivity contribution in [2.24, 2.45) is 5.92 Å². The molecule has 36 heavy (non-hydrogen) atoms. The first-order valence-corrected chi connectivity index (χ1v) is 12.0. The van der Waals surface area contributed by atoms with Crippen molar-refractivity contribution in [1.82, 2.24) is 9.80 Å². The highest BCUT2D eigenvalue weighted by atomic mass is 16.5. The number of rotatable bonds is 5. The SMILES string of the molecule is CO[C@H]1CN(C)C(=O)c2cc(NC(C)=O)ccc2OC[C@@H](C)N(Cc2ccccc2C(=O)O)C[C@H]1C. The topological polar surface area (TPSA) is 108 Å². The van der Waals surface area contributed by atoms with Crippen LogP contribution in [0.4, 0.5) is 5.69 Å². The summed E-state index contributed by atoms with van der Waals surface area (Å²) < 4.78 is 11.9. The summed E-state index contributed by atoms with van der Waals surface area (Å²) in [5.74, 6) is -0.970. The van der Waals surface area contributed by atoms with E-state index in [0.717, 1.165) is 5.56 Å². The molecule has 194 valence electrons. The van der Waals surface area contributed by atoms with Crippen LogP contribution in [0.25, 0.3) is 0 Å². The molecule has 0 saturated heterocycles. The fraction of sp³-hybridized carbons (Fsp3) is 0.444. The van der Waals surface area contributed by atoms with Crippen LogP contribution in [0.3, 0.4) is 0 Å². The molecule has 1 aliphatic rings. The standard InChI is InChI=1S/C27H35N3O6/c1-17-13-30(14-20-8-6-7-9-22(20)27(33)34)18(2)16-36-24-11-10-21(28-19(3)31)12-23(24)26(32)29(4)15-25(17)35-5/h6-12,17-18,25H,13-16H2,1-5H3,(H,28,31)(H,33,34)/t17-,18-,25+/m1/s1. The van der Waals surface area contributed by atoms with Gasteiger partial charge in [-0.25, -0.2) is 4.79 Å². The molecule has 0 unspecified atom stereocenters. The van der Waals surface area contributed by atoms with Crippen LogP contribution in [0.1, 0.15) is 47.1 Å². The van der Waals surface area contributed by atoms with Gasteiger partial charge in [0.05, 0.1) is 17.2 Å². The van der Waals surface area contributed by atoms with E-state index in [1.54, 1.807) is 49.4 Å². The van der Waals surface area contributed by atoms with E-state index in [1.165, 1.54) is 6.92 Å². The second-order valence-electron chi connectivity index (χ2n) is 9.38. The van der Waals surface area contributed by atoms with Gasteiger partial charge in [-0.2, -0.15) is 0 Å². The van der Waals surface area contributed by atoms with Crippen LogP contribution in [0.2, 0.25) is 0 Å². The number of carboxylic acids is 1. The van der Waals surface area contributed by atoms with E-state index >= 15 is 0 Å². The average molecular weight is 498 g/mol. The van der Waals surface area contributed by atoms with E-state index in [9.17, 15) is 19.5 Å². The number of likely N-dealkylation sites (N-methyl/N-ethyl adjacent to an activating group) is 1. The molecule has 0 fully saturated rings. The number of amides is 2. The molecule has 1 heterocycles. The summed E-state index contributed by atoms with van der Waals surface area (Å²) in [6.45, 7) is 7.17. The van der Waals surface area contributed by atoms with E-state index in [2.05, 4.69) is 17.1 Å². The molecule has 0 bridgehead atoms. The Bertz CT molecular complexity index is 1100. The molecule has 2 N–H and O–H groups in total. The number of aromatic carboxylic acids is 1. The van der Waals surface area contributed by atoms with Crippen LogP contribution in [0.15, 0.2) is 42.5 Å². The van der Waals surface area contributed by atoms with Crippen molar-refractivity contribution >= 4 is 23.5 Å². The first kappa shape index (κ1) is 27.2. The van der Waals surface area contributed by atoms with Crippen molar-refractivity contribution in [3.05, 3.63) is 59.2 Å². The lowest BCUT2D eigenvalue weighted by Crippen LogP contribution is -2.46. The number of ether oxygens (including phenoxy) is 2. The molecule has 3 rings (SSSR count). The second kappa shape index (κ2) is 12.0. The Morgan fingerprint density at radius 2 is 1.89 bits per heavy atom. The first-order chi connectivity index (χ1) is 17.1. The van der Waals surface area contributed by atoms with Gasteiger partial charge in [-0.1, -0.05) is 25.1 Å². The normalized spacial score (nSPS) is 21.5. The van der Waals surface area contributed by atoms with E-state index in [4.69, 9.17) is 9.47 Å². The molecule has 0 saturated carbocycles. The number of carbonyl (C=O) groups excluding carboxylic acids is 2. The van der Waals surface area contributed by atoms with Crippen LogP contribution in [0, 0.1) is 5.92 Å². The molecule has 3 atom stereocenters. The Morgan fingerprint density at radius 1 is 1.17 bits per heavy atom. The summed E-state index contributed by atoms with van der Waals surface area (Å²) in [4.78, 5) is 40.5. The number of fused-ring (bicyclic) bond motifs is 1. The average Bonchev–Trinajstić information content (AvgIpc) is 2.84. The van der Waals surface area contributed by atoms with Crippen molar-refractivity contribution < 1.29 is 29.0 Å². The maximum Gasteiger partial charge on any atom is 0.336 e. The zero-order chi connectivity index (χ0) is 26.4. The number of carbonyl (C=O) groups is 3. The van der Waals surface area contributed by atoms with Crippen molar-refractivity contribution in [2.75, 3.05) is 39.2 Å². The number of carboxylic acid groups (broad SMARTS) is 1. The fourth-order valence-corrected chi connectivity index (χ4v) is 4.44. The smallest absolute Gasteiger partial charge is 0.336 e. The zero-order valence-corrected chi connectivity index (χ0v) is 21.5. The monoisotopic (exact) mass is 497 g/mol. The van der Waals surface area contributed by atoms with Crippen molar-refractivity contribution in [3.63, 3.8) is 0 Å². The first-order valence-electron chi connectivity index (χ1n) is 12.0. The highest BCUT2D eigenvalue weighted by Crippen LogP contribution is 2.27. The lowest BCUT2D eigenvalue weighted by molar-refractivity contribution is -0.114. The van der Waals surface area contributed by atoms with E-state index in [0.29, 0.717) is 36.6 Å². The van der Waals surface area contributed by atoms with Gasteiger partial charge in [0, 0.05) is 52.4 Å². The largest absolute Gasteiger partial charge is 0.491 e. The van der Waals surface area contributed by atoms with Gasteiger partial charge in [0.25, 0.3) is 5.91 Å². The van der Waals surface area contributed by atoms with Crippen LogP contribution in [0.5, 0.6) is 5.75 Å². The van der Waals surface area contributed by atoms with Crippen LogP contribution in [-0.4, -0.2) is 78.7 Å². The van der Waals surface area contributed by atoms with Gasteiger partial charge in [-0.15, -0.1) is 0 Å². The Balaban J connectivity index is 1.98. The highest BCUT2D eigenvalue weighted by molar-refractivity contribution is 5.99. The van der Waals surface area contributed by atoms with E-state index in [1.807, 2.05) is 19.1 Å². The lowest BCUT2D eigenvalue weighted by atomic mass is 10.00. The van der Waals surface area contributed by atoms with Gasteiger partial charge in [-0.05, 0) is 42.7 Å². The molecule has 1 aliphatic heterocycles. The lowest BCUT2D eigenvalue weighted by Gasteiger charge is -2.36. The summed E-state index contributed by atoms with van der Waals surface area (Å²) in [5.41, 5.74) is 1.85. The number of hydrogen-bond donors (Lipinski definition) is 2. The molecule has 2 aromatic carbocycles. The Kier molecular flexibility index (Phi) is 9.06. The van der Waals surface area contributed by atoms with Crippen LogP contribution >= 0.6 is 0 Å². The minimum atomic E-state index is -0.962. The fourth-order valence-electron chi connectivity index (χ4n) is 4.44. The molecule has 0 aromatic heterocycles. The highest BCUT2D eigenvalue weighted by Gasteiger charge is 2.29. The molecule has 2 amide bonds. The third kappa shape index (κ3) is 6.61. The third-order valence-electron chi connectivity index (χ3n) is 6.52. The van der Waals surface area contributed by atoms with E-state index < -0.39 is 5.97 Å². The summed E-state index contributed by atoms with van der Waals surface area (Å²) in [6, 6.07) is 11.9. The zero-order valence-electron chi connectivity index (χ0n) is 21.5. The minimum Gasteiger partial charge on any atom is -0.491 e. The number of benzene rings is 2. The summed E-state index contributed by atoms with van der Waals surface area (Å²) in [6.07, 6.45) is -0.245. The Labute approximate surface area is 212 Å². The summed E-state index contributed by atoms with van der Waals surface area (Å²) in [5, 5.41) is 12.4. The molecular weight excluding hydrogens is 462 g/mol. The van der Waals surface area contributed by atoms with Crippen LogP contribution in [-0.2, 0) is 16.1 Å². The molecule has 0 radical (unpaired) electrons. The number of nitrogens with one attached hydrogen (secondary N) is 1. The quantitative estimate of drug-likeness (QED) is 0.652. The molecule has 0 aliphatic carbocycles. The predicted octanol–water partition coefficient (Wildman–Crippen LogP) is 3.35. The molecule has 2 aromatic rings. The molecule has 9 heteroatoms. The van der Waals surface area contributed by atoms with Gasteiger partial charge >= 0.3 is 5.97 Å². The number of methoxy groups -OCH3 is 1. The van der Waals surface area contributed by atoms with E-state index in [-0.39, 0.29) is 42.0 Å². The van der Waals surface area contributed by atoms with Crippen molar-refractivity contribution in [1.29, 1.82) is 0 Å². The molecule has 9 nitrogen and oxygen atoms in total. The summed E-state index contributed by atoms with van der Waals surface area (Å²) in [7, 11) is 3.34. The Morgan fingerprint density at radius 3 is 2.56 bits per heavy atom. The van der Waals surface area contributed by atoms with Gasteiger partial charge in [0.1, 0.15) is 12.4 Å². The molecular formula is C27H35N3O6. The van der Waals surface area contributed by atoms with Gasteiger partial charge in [-0.3, -0.25) is 14.5 Å².